The van der Waals surface area contributed by atoms with E-state index in [1.165, 1.54) is 7.11 Å². The molecule has 0 spiro atoms. The number of para-hydroxylation sites is 1. The number of nitrogens with zero attached hydrogens (tertiary/aromatic N) is 1. The number of rotatable bonds is 6. The van der Waals surface area contributed by atoms with Crippen LogP contribution in [0, 0.1) is 13.8 Å². The minimum Gasteiger partial charge on any atom is -0.496 e. The van der Waals surface area contributed by atoms with E-state index in [0.717, 1.165) is 16.8 Å². The van der Waals surface area contributed by atoms with Crippen LogP contribution < -0.4 is 19.5 Å². The summed E-state index contributed by atoms with van der Waals surface area (Å²) in [7, 11) is 3.06. The van der Waals surface area contributed by atoms with Gasteiger partial charge in [-0.05, 0) is 49.2 Å². The van der Waals surface area contributed by atoms with Crippen molar-refractivity contribution in [2.24, 2.45) is 0 Å². The standard InChI is InChI=1S/C22H22N2O4/c1-14-9-15(2)11-16(10-14)23-22(25)18-7-5-6-8-19(18)28-21-13-17(26-3)12-20(24-21)27-4/h5-13H,1-4H3,(H,23,25). The predicted octanol–water partition coefficient (Wildman–Crippen LogP) is 4.76. The van der Waals surface area contributed by atoms with Gasteiger partial charge in [-0.2, -0.15) is 4.98 Å². The molecule has 1 amide bonds. The molecule has 0 atom stereocenters. The van der Waals surface area contributed by atoms with Gasteiger partial charge in [-0.25, -0.2) is 0 Å². The molecule has 1 aromatic heterocycles. The van der Waals surface area contributed by atoms with E-state index in [1.807, 2.05) is 26.0 Å². The first kappa shape index (κ1) is 19.2. The molecular formula is C22H22N2O4. The van der Waals surface area contributed by atoms with E-state index >= 15 is 0 Å². The number of ether oxygens (including phenoxy) is 3. The van der Waals surface area contributed by atoms with Crippen LogP contribution in [0.3, 0.4) is 0 Å². The maximum Gasteiger partial charge on any atom is 0.259 e. The van der Waals surface area contributed by atoms with Crippen LogP contribution in [0.15, 0.2) is 54.6 Å². The molecule has 0 aliphatic heterocycles. The summed E-state index contributed by atoms with van der Waals surface area (Å²) >= 11 is 0. The fraction of sp³-hybridized carbons (Fsp3) is 0.182. The summed E-state index contributed by atoms with van der Waals surface area (Å²) in [5, 5.41) is 2.92. The summed E-state index contributed by atoms with van der Waals surface area (Å²) in [6, 6.07) is 16.1. The number of carbonyl (C=O) groups is 1. The maximum atomic E-state index is 12.8. The van der Waals surface area contributed by atoms with E-state index in [4.69, 9.17) is 14.2 Å². The van der Waals surface area contributed by atoms with E-state index in [-0.39, 0.29) is 11.8 Å². The van der Waals surface area contributed by atoms with Crippen molar-refractivity contribution in [1.82, 2.24) is 4.98 Å². The van der Waals surface area contributed by atoms with Gasteiger partial charge in [-0.1, -0.05) is 18.2 Å². The van der Waals surface area contributed by atoms with Crippen LogP contribution in [-0.2, 0) is 0 Å². The number of hydrogen-bond acceptors (Lipinski definition) is 5. The smallest absolute Gasteiger partial charge is 0.259 e. The highest BCUT2D eigenvalue weighted by molar-refractivity contribution is 6.06. The molecule has 3 rings (SSSR count). The van der Waals surface area contributed by atoms with E-state index in [9.17, 15) is 4.79 Å². The molecule has 144 valence electrons. The van der Waals surface area contributed by atoms with E-state index in [0.29, 0.717) is 22.9 Å². The van der Waals surface area contributed by atoms with Crippen LogP contribution in [0.1, 0.15) is 21.5 Å². The lowest BCUT2D eigenvalue weighted by atomic mass is 10.1. The van der Waals surface area contributed by atoms with Gasteiger partial charge >= 0.3 is 0 Å². The van der Waals surface area contributed by atoms with Crippen molar-refractivity contribution in [3.05, 3.63) is 71.3 Å². The van der Waals surface area contributed by atoms with Gasteiger partial charge in [0.25, 0.3) is 5.91 Å². The third kappa shape index (κ3) is 4.59. The number of aryl methyl sites for hydroxylation is 2. The van der Waals surface area contributed by atoms with Crippen LogP contribution in [0.2, 0.25) is 0 Å². The highest BCUT2D eigenvalue weighted by Crippen LogP contribution is 2.29. The van der Waals surface area contributed by atoms with Crippen LogP contribution in [0.5, 0.6) is 23.3 Å². The van der Waals surface area contributed by atoms with E-state index in [1.54, 1.807) is 43.5 Å². The summed E-state index contributed by atoms with van der Waals surface area (Å²) in [4.78, 5) is 17.1. The van der Waals surface area contributed by atoms with Gasteiger partial charge < -0.3 is 19.5 Å². The Morgan fingerprint density at radius 3 is 2.25 bits per heavy atom. The van der Waals surface area contributed by atoms with Crippen LogP contribution in [0.4, 0.5) is 5.69 Å². The van der Waals surface area contributed by atoms with Gasteiger partial charge in [0.15, 0.2) is 0 Å². The second-order valence-corrected chi connectivity index (χ2v) is 6.32. The average Bonchev–Trinajstić information content (AvgIpc) is 2.67. The quantitative estimate of drug-likeness (QED) is 0.670. The first-order chi connectivity index (χ1) is 13.5. The third-order valence-corrected chi connectivity index (χ3v) is 4.02. The van der Waals surface area contributed by atoms with Crippen molar-refractivity contribution >= 4 is 11.6 Å². The van der Waals surface area contributed by atoms with Gasteiger partial charge in [0.2, 0.25) is 11.8 Å². The number of aromatic nitrogens is 1. The van der Waals surface area contributed by atoms with Gasteiger partial charge in [-0.3, -0.25) is 4.79 Å². The largest absolute Gasteiger partial charge is 0.496 e. The highest BCUT2D eigenvalue weighted by Gasteiger charge is 2.15. The molecule has 0 aliphatic rings. The van der Waals surface area contributed by atoms with Crippen LogP contribution in [0.25, 0.3) is 0 Å². The highest BCUT2D eigenvalue weighted by atomic mass is 16.5. The zero-order chi connectivity index (χ0) is 20.1. The maximum absolute atomic E-state index is 12.8. The lowest BCUT2D eigenvalue weighted by molar-refractivity contribution is 0.102. The molecule has 6 nitrogen and oxygen atoms in total. The van der Waals surface area contributed by atoms with Gasteiger partial charge in [-0.15, -0.1) is 0 Å². The van der Waals surface area contributed by atoms with Gasteiger partial charge in [0.05, 0.1) is 19.8 Å². The lowest BCUT2D eigenvalue weighted by Gasteiger charge is -2.13. The Labute approximate surface area is 164 Å². The number of methoxy groups -OCH3 is 2. The van der Waals surface area contributed by atoms with Gasteiger partial charge in [0.1, 0.15) is 11.5 Å². The number of anilines is 1. The molecule has 0 fully saturated rings. The Balaban J connectivity index is 1.88. The minimum atomic E-state index is -0.268. The summed E-state index contributed by atoms with van der Waals surface area (Å²) in [6.45, 7) is 3.98. The zero-order valence-corrected chi connectivity index (χ0v) is 16.3. The fourth-order valence-corrected chi connectivity index (χ4v) is 2.83. The SMILES string of the molecule is COc1cc(OC)nc(Oc2ccccc2C(=O)Nc2cc(C)cc(C)c2)c1. The first-order valence-electron chi connectivity index (χ1n) is 8.75. The molecule has 0 saturated carbocycles. The number of benzene rings is 2. The second kappa shape index (κ2) is 8.43. The molecule has 3 aromatic rings. The van der Waals surface area contributed by atoms with Crippen molar-refractivity contribution in [2.45, 2.75) is 13.8 Å². The number of nitrogens with one attached hydrogen (secondary N) is 1. The summed E-state index contributed by atoms with van der Waals surface area (Å²) in [5.41, 5.74) is 3.28. The van der Waals surface area contributed by atoms with Crippen molar-refractivity contribution in [3.8, 4) is 23.3 Å². The van der Waals surface area contributed by atoms with Crippen molar-refractivity contribution in [1.29, 1.82) is 0 Å². The molecule has 6 heteroatoms. The third-order valence-electron chi connectivity index (χ3n) is 4.02. The summed E-state index contributed by atoms with van der Waals surface area (Å²) in [6.07, 6.45) is 0. The van der Waals surface area contributed by atoms with Crippen LogP contribution in [-0.4, -0.2) is 25.1 Å². The van der Waals surface area contributed by atoms with Crippen LogP contribution >= 0.6 is 0 Å². The molecule has 28 heavy (non-hydrogen) atoms. The second-order valence-electron chi connectivity index (χ2n) is 6.32. The normalized spacial score (nSPS) is 10.3. The summed E-state index contributed by atoms with van der Waals surface area (Å²) in [5.74, 6) is 1.27. The Hall–Kier alpha value is -3.54. The molecule has 1 N–H and O–H groups in total. The molecule has 1 heterocycles. The van der Waals surface area contributed by atoms with E-state index in [2.05, 4.69) is 16.4 Å². The Morgan fingerprint density at radius 2 is 1.57 bits per heavy atom. The van der Waals surface area contributed by atoms with Crippen molar-refractivity contribution in [3.63, 3.8) is 0 Å². The lowest BCUT2D eigenvalue weighted by Crippen LogP contribution is -2.13. The summed E-state index contributed by atoms with van der Waals surface area (Å²) < 4.78 is 16.3. The molecule has 0 unspecified atom stereocenters. The molecule has 0 saturated heterocycles. The zero-order valence-electron chi connectivity index (χ0n) is 16.3. The Bertz CT molecular complexity index is 959. The van der Waals surface area contributed by atoms with E-state index < -0.39 is 0 Å². The molecular weight excluding hydrogens is 356 g/mol. The number of amides is 1. The molecule has 0 radical (unpaired) electrons. The number of carbonyl (C=O) groups excluding carboxylic acids is 1. The van der Waals surface area contributed by atoms with Crippen molar-refractivity contribution < 1.29 is 19.0 Å². The fourth-order valence-electron chi connectivity index (χ4n) is 2.83. The topological polar surface area (TPSA) is 69.7 Å². The van der Waals surface area contributed by atoms with Gasteiger partial charge in [0, 0.05) is 17.8 Å². The Kier molecular flexibility index (Phi) is 5.79. The Morgan fingerprint density at radius 1 is 0.893 bits per heavy atom. The van der Waals surface area contributed by atoms with Crippen molar-refractivity contribution in [2.75, 3.05) is 19.5 Å². The minimum absolute atomic E-state index is 0.267. The molecule has 0 bridgehead atoms. The first-order valence-corrected chi connectivity index (χ1v) is 8.75. The monoisotopic (exact) mass is 378 g/mol. The molecule has 2 aromatic carbocycles. The average molecular weight is 378 g/mol. The number of pyridine rings is 1. The number of hydrogen-bond donors (Lipinski definition) is 1. The molecule has 0 aliphatic carbocycles. The predicted molar refractivity (Wildman–Crippen MR) is 108 cm³/mol.